The van der Waals surface area contributed by atoms with E-state index in [-0.39, 0.29) is 17.6 Å². The van der Waals surface area contributed by atoms with Crippen molar-refractivity contribution in [2.75, 3.05) is 37.7 Å². The van der Waals surface area contributed by atoms with Gasteiger partial charge in [0.15, 0.2) is 0 Å². The molecule has 4 heterocycles. The van der Waals surface area contributed by atoms with E-state index in [9.17, 15) is 14.4 Å². The van der Waals surface area contributed by atoms with Gasteiger partial charge in [-0.05, 0) is 37.1 Å². The van der Waals surface area contributed by atoms with E-state index >= 15 is 0 Å². The van der Waals surface area contributed by atoms with Gasteiger partial charge in [-0.2, -0.15) is 0 Å². The zero-order valence-corrected chi connectivity index (χ0v) is 22.8. The van der Waals surface area contributed by atoms with Gasteiger partial charge in [0.1, 0.15) is 15.8 Å². The van der Waals surface area contributed by atoms with Crippen LogP contribution in [0.25, 0.3) is 11.7 Å². The molecule has 2 saturated heterocycles. The Morgan fingerprint density at radius 3 is 2.55 bits per heavy atom. The second-order valence-corrected chi connectivity index (χ2v) is 10.7. The molecule has 0 radical (unpaired) electrons. The van der Waals surface area contributed by atoms with Crippen molar-refractivity contribution in [2.24, 2.45) is 0 Å². The summed E-state index contributed by atoms with van der Waals surface area (Å²) < 4.78 is 7.08. The Kier molecular flexibility index (Phi) is 7.48. The van der Waals surface area contributed by atoms with Crippen molar-refractivity contribution >= 4 is 57.8 Å². The first kappa shape index (κ1) is 25.9. The maximum atomic E-state index is 13.8. The second kappa shape index (κ2) is 11.0. The number of carbonyl (C=O) groups excluding carboxylic acids is 2. The highest BCUT2D eigenvalue weighted by Gasteiger charge is 2.33. The number of aryl methyl sites for hydroxylation is 1. The Hall–Kier alpha value is -3.70. The number of ether oxygens (including phenoxy) is 1. The summed E-state index contributed by atoms with van der Waals surface area (Å²) in [5.74, 6) is 0.242. The fraction of sp³-hybridized carbons (Fsp3) is 0.296. The standard InChI is InChI=1S/C27H27N5O4S2/c1-3-36-26(35)30-13-11-29(12-14-30)23-20(24(33)31-16-18(2)9-10-22(31)28-23)15-21-25(34)32(27(37)38-21)17-19-7-5-4-6-8-19/h4-10,15-16H,3,11-14,17H2,1-2H3. The molecule has 9 nitrogen and oxygen atoms in total. The minimum atomic E-state index is -0.350. The number of thiocarbonyl (C=S) groups is 1. The Balaban J connectivity index is 1.51. The topological polar surface area (TPSA) is 87.5 Å². The van der Waals surface area contributed by atoms with Gasteiger partial charge in [-0.3, -0.25) is 18.9 Å². The van der Waals surface area contributed by atoms with Gasteiger partial charge in [-0.1, -0.05) is 60.4 Å². The minimum Gasteiger partial charge on any atom is -0.450 e. The molecular weight excluding hydrogens is 522 g/mol. The zero-order valence-electron chi connectivity index (χ0n) is 21.1. The third kappa shape index (κ3) is 5.16. The molecule has 5 rings (SSSR count). The van der Waals surface area contributed by atoms with Crippen molar-refractivity contribution in [1.82, 2.24) is 19.2 Å². The van der Waals surface area contributed by atoms with Crippen molar-refractivity contribution < 1.29 is 14.3 Å². The number of anilines is 1. The molecule has 1 aromatic carbocycles. The number of carbonyl (C=O) groups is 2. The van der Waals surface area contributed by atoms with E-state index in [1.165, 1.54) is 16.2 Å². The summed E-state index contributed by atoms with van der Waals surface area (Å²) in [5.41, 5.74) is 2.44. The van der Waals surface area contributed by atoms with Crippen molar-refractivity contribution in [2.45, 2.75) is 20.4 Å². The third-order valence-corrected chi connectivity index (χ3v) is 7.80. The van der Waals surface area contributed by atoms with Crippen LogP contribution >= 0.6 is 24.0 Å². The van der Waals surface area contributed by atoms with Gasteiger partial charge in [-0.25, -0.2) is 9.78 Å². The van der Waals surface area contributed by atoms with E-state index in [0.717, 1.165) is 11.1 Å². The van der Waals surface area contributed by atoms with Crippen LogP contribution in [0.15, 0.2) is 58.4 Å². The van der Waals surface area contributed by atoms with E-state index in [1.54, 1.807) is 35.1 Å². The number of aromatic nitrogens is 2. The van der Waals surface area contributed by atoms with Gasteiger partial charge in [-0.15, -0.1) is 0 Å². The second-order valence-electron chi connectivity index (χ2n) is 9.02. The van der Waals surface area contributed by atoms with E-state index in [2.05, 4.69) is 0 Å². The largest absolute Gasteiger partial charge is 0.450 e. The Bertz CT molecular complexity index is 1500. The zero-order chi connectivity index (χ0) is 26.8. The molecule has 0 spiro atoms. The molecule has 0 saturated carbocycles. The molecule has 0 unspecified atom stereocenters. The van der Waals surface area contributed by atoms with Crippen LogP contribution in [0.1, 0.15) is 23.6 Å². The van der Waals surface area contributed by atoms with Crippen molar-refractivity contribution in [1.29, 1.82) is 0 Å². The molecule has 2 aromatic heterocycles. The number of fused-ring (bicyclic) bond motifs is 1. The summed E-state index contributed by atoms with van der Waals surface area (Å²) in [7, 11) is 0. The molecule has 2 amide bonds. The highest BCUT2D eigenvalue weighted by molar-refractivity contribution is 8.26. The van der Waals surface area contributed by atoms with Crippen LogP contribution < -0.4 is 10.5 Å². The molecule has 196 valence electrons. The summed E-state index contributed by atoms with van der Waals surface area (Å²) in [6.45, 7) is 6.18. The first-order chi connectivity index (χ1) is 18.4. The first-order valence-electron chi connectivity index (χ1n) is 12.3. The SMILES string of the molecule is CCOC(=O)N1CCN(c2nc3ccc(C)cn3c(=O)c2C=C2SC(=S)N(Cc3ccccc3)C2=O)CC1. The van der Waals surface area contributed by atoms with Crippen LogP contribution in [0.2, 0.25) is 0 Å². The molecule has 0 aliphatic carbocycles. The van der Waals surface area contributed by atoms with E-state index in [0.29, 0.717) is 65.6 Å². The molecule has 2 aliphatic heterocycles. The number of pyridine rings is 1. The lowest BCUT2D eigenvalue weighted by Gasteiger charge is -2.35. The average molecular weight is 550 g/mol. The number of amides is 2. The predicted octanol–water partition coefficient (Wildman–Crippen LogP) is 3.68. The number of piperazine rings is 1. The Morgan fingerprint density at radius 1 is 1.11 bits per heavy atom. The molecule has 0 bridgehead atoms. The number of rotatable bonds is 5. The lowest BCUT2D eigenvalue weighted by atomic mass is 10.2. The van der Waals surface area contributed by atoms with Gasteiger partial charge < -0.3 is 14.5 Å². The lowest BCUT2D eigenvalue weighted by molar-refractivity contribution is -0.122. The van der Waals surface area contributed by atoms with Crippen LogP contribution in [0.4, 0.5) is 10.6 Å². The quantitative estimate of drug-likeness (QED) is 0.352. The lowest BCUT2D eigenvalue weighted by Crippen LogP contribution is -2.49. The third-order valence-electron chi connectivity index (χ3n) is 6.42. The van der Waals surface area contributed by atoms with Gasteiger partial charge >= 0.3 is 6.09 Å². The van der Waals surface area contributed by atoms with Crippen LogP contribution in [0, 0.1) is 6.92 Å². The van der Waals surface area contributed by atoms with Crippen LogP contribution in [-0.2, 0) is 16.1 Å². The monoisotopic (exact) mass is 549 g/mol. The van der Waals surface area contributed by atoms with E-state index in [1.807, 2.05) is 48.2 Å². The van der Waals surface area contributed by atoms with Crippen molar-refractivity contribution in [3.05, 3.63) is 80.6 Å². The molecule has 11 heteroatoms. The summed E-state index contributed by atoms with van der Waals surface area (Å²) in [4.78, 5) is 49.7. The number of hydrogen-bond acceptors (Lipinski definition) is 8. The maximum Gasteiger partial charge on any atom is 0.409 e. The van der Waals surface area contributed by atoms with Gasteiger partial charge in [0.2, 0.25) is 0 Å². The molecule has 2 fully saturated rings. The van der Waals surface area contributed by atoms with Crippen molar-refractivity contribution in [3.8, 4) is 0 Å². The fourth-order valence-electron chi connectivity index (χ4n) is 4.46. The minimum absolute atomic E-state index is 0.240. The van der Waals surface area contributed by atoms with E-state index < -0.39 is 0 Å². The summed E-state index contributed by atoms with van der Waals surface area (Å²) >= 11 is 6.71. The predicted molar refractivity (Wildman–Crippen MR) is 152 cm³/mol. The fourth-order valence-corrected chi connectivity index (χ4v) is 5.70. The van der Waals surface area contributed by atoms with Crippen LogP contribution in [0.5, 0.6) is 0 Å². The van der Waals surface area contributed by atoms with Gasteiger partial charge in [0.05, 0.1) is 23.6 Å². The van der Waals surface area contributed by atoms with Gasteiger partial charge in [0, 0.05) is 32.4 Å². The number of nitrogens with zero attached hydrogens (tertiary/aromatic N) is 5. The number of thioether (sulfide) groups is 1. The number of benzene rings is 1. The molecule has 3 aromatic rings. The summed E-state index contributed by atoms with van der Waals surface area (Å²) in [5, 5.41) is 0. The van der Waals surface area contributed by atoms with Crippen molar-refractivity contribution in [3.63, 3.8) is 0 Å². The average Bonchev–Trinajstić information content (AvgIpc) is 3.18. The summed E-state index contributed by atoms with van der Waals surface area (Å²) in [6, 6.07) is 13.3. The molecule has 0 atom stereocenters. The van der Waals surface area contributed by atoms with Crippen LogP contribution in [0.3, 0.4) is 0 Å². The van der Waals surface area contributed by atoms with E-state index in [4.69, 9.17) is 21.9 Å². The molecular formula is C27H27N5O4S2. The molecule has 2 aliphatic rings. The molecule has 38 heavy (non-hydrogen) atoms. The summed E-state index contributed by atoms with van der Waals surface area (Å²) in [6.07, 6.45) is 3.00. The Labute approximate surface area is 229 Å². The first-order valence-corrected chi connectivity index (χ1v) is 13.6. The number of hydrogen-bond donors (Lipinski definition) is 0. The highest BCUT2D eigenvalue weighted by Crippen LogP contribution is 2.34. The highest BCUT2D eigenvalue weighted by atomic mass is 32.2. The normalized spacial score (nSPS) is 17.1. The Morgan fingerprint density at radius 2 is 1.84 bits per heavy atom. The van der Waals surface area contributed by atoms with Crippen LogP contribution in [-0.4, -0.2) is 68.3 Å². The molecule has 0 N–H and O–H groups in total. The maximum absolute atomic E-state index is 13.8. The van der Waals surface area contributed by atoms with Gasteiger partial charge in [0.25, 0.3) is 11.5 Å². The smallest absolute Gasteiger partial charge is 0.409 e.